The van der Waals surface area contributed by atoms with E-state index >= 15 is 0 Å². The van der Waals surface area contributed by atoms with Crippen molar-refractivity contribution in [1.82, 2.24) is 0 Å². The second-order valence-electron chi connectivity index (χ2n) is 2.98. The Morgan fingerprint density at radius 1 is 1.23 bits per heavy atom. The summed E-state index contributed by atoms with van der Waals surface area (Å²) in [6.45, 7) is 1.64. The summed E-state index contributed by atoms with van der Waals surface area (Å²) in [5.74, 6) is 0. The maximum absolute atomic E-state index is 10.8. The van der Waals surface area contributed by atoms with Gasteiger partial charge in [-0.05, 0) is 0 Å². The molecule has 0 radical (unpaired) electrons. The number of anilines is 1. The summed E-state index contributed by atoms with van der Waals surface area (Å²) >= 11 is -0.00908. The van der Waals surface area contributed by atoms with Crippen LogP contribution in [-0.2, 0) is 4.79 Å². The number of carbonyl (C=O) groups is 1. The molecule has 0 N–H and O–H groups in total. The third kappa shape index (κ3) is 3.21. The SMILES string of the molecule is CC(=O)[Se]c1ccc(N(C)C)cc1. The predicted molar refractivity (Wildman–Crippen MR) is 56.8 cm³/mol. The molecular formula is C10H13NOSe. The van der Waals surface area contributed by atoms with Gasteiger partial charge in [0.25, 0.3) is 0 Å². The summed E-state index contributed by atoms with van der Waals surface area (Å²) in [5, 5.41) is 0. The molecule has 0 aliphatic heterocycles. The Bertz CT molecular complexity index is 292. The summed E-state index contributed by atoms with van der Waals surface area (Å²) in [6.07, 6.45) is 0. The number of hydrogen-bond donors (Lipinski definition) is 0. The molecule has 0 unspecified atom stereocenters. The van der Waals surface area contributed by atoms with Crippen LogP contribution in [0.2, 0.25) is 0 Å². The summed E-state index contributed by atoms with van der Waals surface area (Å²) in [4.78, 5) is 12.9. The van der Waals surface area contributed by atoms with Crippen LogP contribution >= 0.6 is 0 Å². The molecule has 0 amide bonds. The first kappa shape index (κ1) is 10.3. The van der Waals surface area contributed by atoms with Crippen molar-refractivity contribution in [3.05, 3.63) is 24.3 Å². The number of nitrogens with zero attached hydrogens (tertiary/aromatic N) is 1. The summed E-state index contributed by atoms with van der Waals surface area (Å²) in [6, 6.07) is 8.13. The normalized spacial score (nSPS) is 9.77. The zero-order valence-corrected chi connectivity index (χ0v) is 9.79. The molecular weight excluding hydrogens is 229 g/mol. The van der Waals surface area contributed by atoms with Crippen LogP contribution < -0.4 is 9.36 Å². The van der Waals surface area contributed by atoms with E-state index in [1.54, 1.807) is 6.92 Å². The van der Waals surface area contributed by atoms with Crippen LogP contribution in [0, 0.1) is 0 Å². The molecule has 0 saturated carbocycles. The minimum absolute atomic E-state index is 0.00908. The van der Waals surface area contributed by atoms with Gasteiger partial charge in [-0.3, -0.25) is 0 Å². The fourth-order valence-corrected chi connectivity index (χ4v) is 2.25. The first-order valence-electron chi connectivity index (χ1n) is 4.05. The van der Waals surface area contributed by atoms with E-state index in [4.69, 9.17) is 0 Å². The maximum atomic E-state index is 10.8. The van der Waals surface area contributed by atoms with Crippen LogP contribution in [0.15, 0.2) is 24.3 Å². The number of hydrogen-bond acceptors (Lipinski definition) is 2. The van der Waals surface area contributed by atoms with E-state index in [1.165, 1.54) is 5.69 Å². The van der Waals surface area contributed by atoms with Gasteiger partial charge in [0.1, 0.15) is 0 Å². The standard InChI is InChI=1S/C10H13NOSe/c1-8(12)13-10-6-4-9(5-7-10)11(2)3/h4-7H,1-3H3. The van der Waals surface area contributed by atoms with Crippen LogP contribution in [0.4, 0.5) is 5.69 Å². The molecule has 70 valence electrons. The van der Waals surface area contributed by atoms with Crippen molar-refractivity contribution in [3.63, 3.8) is 0 Å². The third-order valence-electron chi connectivity index (χ3n) is 1.61. The molecule has 0 heterocycles. The topological polar surface area (TPSA) is 20.3 Å². The summed E-state index contributed by atoms with van der Waals surface area (Å²) in [7, 11) is 4.01. The third-order valence-corrected chi connectivity index (χ3v) is 3.28. The molecule has 0 spiro atoms. The van der Waals surface area contributed by atoms with Crippen LogP contribution in [0.25, 0.3) is 0 Å². The van der Waals surface area contributed by atoms with Gasteiger partial charge in [-0.15, -0.1) is 0 Å². The van der Waals surface area contributed by atoms with E-state index in [9.17, 15) is 4.79 Å². The molecule has 1 aromatic carbocycles. The van der Waals surface area contributed by atoms with Crippen molar-refractivity contribution >= 4 is 29.8 Å². The molecule has 1 aromatic rings. The number of carbonyl (C=O) groups excluding carboxylic acids is 1. The molecule has 0 aliphatic rings. The molecule has 0 fully saturated rings. The summed E-state index contributed by atoms with van der Waals surface area (Å²) in [5.41, 5.74) is 1.17. The van der Waals surface area contributed by atoms with Gasteiger partial charge in [-0.2, -0.15) is 0 Å². The van der Waals surface area contributed by atoms with Crippen molar-refractivity contribution in [2.45, 2.75) is 6.92 Å². The van der Waals surface area contributed by atoms with E-state index in [0.717, 1.165) is 4.46 Å². The number of rotatable bonds is 3. The van der Waals surface area contributed by atoms with Crippen molar-refractivity contribution in [3.8, 4) is 0 Å². The Balaban J connectivity index is 2.75. The average Bonchev–Trinajstić information content (AvgIpc) is 2.04. The van der Waals surface area contributed by atoms with Crippen LogP contribution in [-0.4, -0.2) is 33.7 Å². The zero-order chi connectivity index (χ0) is 9.84. The van der Waals surface area contributed by atoms with Gasteiger partial charge >= 0.3 is 84.8 Å². The van der Waals surface area contributed by atoms with Crippen LogP contribution in [0.3, 0.4) is 0 Å². The monoisotopic (exact) mass is 243 g/mol. The van der Waals surface area contributed by atoms with Gasteiger partial charge in [0, 0.05) is 0 Å². The fraction of sp³-hybridized carbons (Fsp3) is 0.300. The average molecular weight is 242 g/mol. The quantitative estimate of drug-likeness (QED) is 0.724. The predicted octanol–water partition coefficient (Wildman–Crippen LogP) is 0.629. The molecule has 2 nitrogen and oxygen atoms in total. The number of benzene rings is 1. The molecule has 13 heavy (non-hydrogen) atoms. The van der Waals surface area contributed by atoms with Gasteiger partial charge in [0.15, 0.2) is 0 Å². The molecule has 0 saturated heterocycles. The molecule has 0 aromatic heterocycles. The summed E-state index contributed by atoms with van der Waals surface area (Å²) < 4.78 is 1.41. The first-order valence-corrected chi connectivity index (χ1v) is 5.76. The molecule has 1 rings (SSSR count). The molecule has 3 heteroatoms. The van der Waals surface area contributed by atoms with E-state index < -0.39 is 0 Å². The van der Waals surface area contributed by atoms with Gasteiger partial charge < -0.3 is 0 Å². The van der Waals surface area contributed by atoms with E-state index in [1.807, 2.05) is 43.3 Å². The zero-order valence-electron chi connectivity index (χ0n) is 8.07. The van der Waals surface area contributed by atoms with Crippen molar-refractivity contribution in [1.29, 1.82) is 0 Å². The Morgan fingerprint density at radius 3 is 2.15 bits per heavy atom. The van der Waals surface area contributed by atoms with Crippen molar-refractivity contribution in [2.75, 3.05) is 19.0 Å². The van der Waals surface area contributed by atoms with Crippen LogP contribution in [0.5, 0.6) is 0 Å². The molecule has 0 bridgehead atoms. The van der Waals surface area contributed by atoms with E-state index in [-0.39, 0.29) is 19.6 Å². The Kier molecular flexibility index (Phi) is 3.52. The van der Waals surface area contributed by atoms with Gasteiger partial charge in [0.2, 0.25) is 0 Å². The first-order chi connectivity index (χ1) is 6.09. The van der Waals surface area contributed by atoms with Crippen LogP contribution in [0.1, 0.15) is 6.92 Å². The Morgan fingerprint density at radius 2 is 1.77 bits per heavy atom. The van der Waals surface area contributed by atoms with E-state index in [0.29, 0.717) is 0 Å². The Hall–Kier alpha value is -0.791. The second kappa shape index (κ2) is 4.45. The Labute approximate surface area is 85.1 Å². The fourth-order valence-electron chi connectivity index (χ4n) is 0.978. The van der Waals surface area contributed by atoms with Gasteiger partial charge in [-0.25, -0.2) is 0 Å². The molecule has 0 aliphatic carbocycles. The second-order valence-corrected chi connectivity index (χ2v) is 5.61. The van der Waals surface area contributed by atoms with Gasteiger partial charge in [0.05, 0.1) is 0 Å². The van der Waals surface area contributed by atoms with Gasteiger partial charge in [-0.1, -0.05) is 0 Å². The van der Waals surface area contributed by atoms with Crippen molar-refractivity contribution in [2.24, 2.45) is 0 Å². The van der Waals surface area contributed by atoms with Crippen molar-refractivity contribution < 1.29 is 4.79 Å². The molecule has 0 atom stereocenters. The minimum atomic E-state index is -0.00908. The van der Waals surface area contributed by atoms with E-state index in [2.05, 4.69) is 0 Å².